The van der Waals surface area contributed by atoms with Crippen molar-refractivity contribution >= 4 is 21.5 Å². The fourth-order valence-electron chi connectivity index (χ4n) is 3.88. The first-order valence-electron chi connectivity index (χ1n) is 11.1. The predicted molar refractivity (Wildman–Crippen MR) is 136 cm³/mol. The van der Waals surface area contributed by atoms with E-state index in [1.165, 1.54) is 10.6 Å². The lowest BCUT2D eigenvalue weighted by atomic mass is 9.83. The molecular formula is C26H29N3O5S. The lowest BCUT2D eigenvalue weighted by Crippen LogP contribution is -2.28. The van der Waals surface area contributed by atoms with E-state index >= 15 is 0 Å². The van der Waals surface area contributed by atoms with Crippen molar-refractivity contribution in [2.45, 2.75) is 19.3 Å². The fourth-order valence-corrected chi connectivity index (χ4v) is 4.35. The molecule has 184 valence electrons. The number of hydrogen-bond acceptors (Lipinski definition) is 6. The topological polar surface area (TPSA) is 118 Å². The summed E-state index contributed by atoms with van der Waals surface area (Å²) in [5.41, 5.74) is 4.35. The first-order valence-corrected chi connectivity index (χ1v) is 13.1. The first-order chi connectivity index (χ1) is 16.6. The number of amides is 1. The van der Waals surface area contributed by atoms with Crippen LogP contribution in [-0.2, 0) is 16.9 Å². The van der Waals surface area contributed by atoms with Gasteiger partial charge in [0, 0.05) is 55.6 Å². The molecular weight excluding hydrogens is 466 g/mol. The lowest BCUT2D eigenvalue weighted by Gasteiger charge is -2.21. The van der Waals surface area contributed by atoms with Gasteiger partial charge in [-0.2, -0.15) is 0 Å². The second-order valence-corrected chi connectivity index (χ2v) is 10.8. The van der Waals surface area contributed by atoms with Crippen molar-refractivity contribution in [3.05, 3.63) is 105 Å². The molecule has 2 aromatic carbocycles. The minimum Gasteiger partial charge on any atom is -0.411 e. The number of aromatic nitrogens is 1. The highest BCUT2D eigenvalue weighted by Crippen LogP contribution is 2.32. The zero-order valence-corrected chi connectivity index (χ0v) is 20.7. The summed E-state index contributed by atoms with van der Waals surface area (Å²) in [6.07, 6.45) is 3.12. The number of carbonyl (C=O) groups is 1. The van der Waals surface area contributed by atoms with E-state index in [2.05, 4.69) is 10.5 Å². The van der Waals surface area contributed by atoms with Crippen LogP contribution in [0.2, 0.25) is 0 Å². The van der Waals surface area contributed by atoms with E-state index in [4.69, 9.17) is 0 Å². The first kappa shape index (κ1) is 25.9. The Morgan fingerprint density at radius 3 is 2.31 bits per heavy atom. The van der Waals surface area contributed by atoms with E-state index in [1.54, 1.807) is 31.4 Å². The minimum atomic E-state index is -3.16. The highest BCUT2D eigenvalue weighted by molar-refractivity contribution is 7.90. The van der Waals surface area contributed by atoms with Gasteiger partial charge in [0.05, 0.1) is 11.5 Å². The maximum atomic E-state index is 12.4. The van der Waals surface area contributed by atoms with Gasteiger partial charge in [0.1, 0.15) is 9.84 Å². The number of rotatable bonds is 9. The average Bonchev–Trinajstić information content (AvgIpc) is 2.82. The van der Waals surface area contributed by atoms with Crippen molar-refractivity contribution in [3.63, 3.8) is 0 Å². The number of hydrogen-bond donors (Lipinski definition) is 2. The zero-order chi connectivity index (χ0) is 25.6. The van der Waals surface area contributed by atoms with Crippen molar-refractivity contribution in [3.8, 4) is 0 Å². The zero-order valence-electron chi connectivity index (χ0n) is 19.9. The van der Waals surface area contributed by atoms with Crippen molar-refractivity contribution < 1.29 is 18.4 Å². The van der Waals surface area contributed by atoms with Crippen LogP contribution in [0, 0.1) is 6.92 Å². The molecule has 9 heteroatoms. The smallest absolute Gasteiger partial charge is 0.251 e. The van der Waals surface area contributed by atoms with Gasteiger partial charge in [-0.1, -0.05) is 41.6 Å². The highest BCUT2D eigenvalue weighted by Gasteiger charge is 2.21. The number of oxime groups is 1. The molecule has 0 radical (unpaired) electrons. The third kappa shape index (κ3) is 6.89. The van der Waals surface area contributed by atoms with E-state index < -0.39 is 9.84 Å². The summed E-state index contributed by atoms with van der Waals surface area (Å²) in [5.74, 6) is -0.655. The van der Waals surface area contributed by atoms with Crippen LogP contribution in [0.4, 0.5) is 0 Å². The molecule has 1 aromatic heterocycles. The van der Waals surface area contributed by atoms with Crippen molar-refractivity contribution in [1.82, 2.24) is 9.88 Å². The van der Waals surface area contributed by atoms with Crippen LogP contribution < -0.4 is 10.9 Å². The Morgan fingerprint density at radius 2 is 1.71 bits per heavy atom. The third-order valence-electron chi connectivity index (χ3n) is 5.83. The molecule has 0 aliphatic heterocycles. The Bertz CT molecular complexity index is 1390. The standard InChI is InChI=1S/C26H29N3O5S/c1-18-6-4-5-7-22(18)23(16-24(28-32)21-12-13-25(30)29(2)17-21)19-8-10-20(11-9-19)26(31)27-14-15-35(3,33)34/h4-13,17,23,32H,14-16H2,1-3H3,(H,27,31). The number of carbonyl (C=O) groups excluding carboxylic acids is 1. The molecule has 2 N–H and O–H groups in total. The molecule has 0 saturated heterocycles. The van der Waals surface area contributed by atoms with E-state index in [0.29, 0.717) is 23.3 Å². The van der Waals surface area contributed by atoms with Gasteiger partial charge < -0.3 is 15.1 Å². The van der Waals surface area contributed by atoms with E-state index in [-0.39, 0.29) is 29.7 Å². The van der Waals surface area contributed by atoms with Crippen molar-refractivity contribution in [2.75, 3.05) is 18.6 Å². The largest absolute Gasteiger partial charge is 0.411 e. The number of sulfone groups is 1. The molecule has 3 aromatic rings. The van der Waals surface area contributed by atoms with Crippen LogP contribution in [0.25, 0.3) is 0 Å². The summed E-state index contributed by atoms with van der Waals surface area (Å²) < 4.78 is 24.0. The molecule has 1 atom stereocenters. The van der Waals surface area contributed by atoms with Gasteiger partial charge in [-0.25, -0.2) is 8.42 Å². The lowest BCUT2D eigenvalue weighted by molar-refractivity contribution is 0.0956. The highest BCUT2D eigenvalue weighted by atomic mass is 32.2. The monoisotopic (exact) mass is 495 g/mol. The quantitative estimate of drug-likeness (QED) is 0.269. The summed E-state index contributed by atoms with van der Waals surface area (Å²) in [6.45, 7) is 2.05. The molecule has 0 aliphatic carbocycles. The van der Waals surface area contributed by atoms with Crippen molar-refractivity contribution in [2.24, 2.45) is 12.2 Å². The molecule has 3 rings (SSSR count). The molecule has 1 heterocycles. The molecule has 0 bridgehead atoms. The van der Waals surface area contributed by atoms with Gasteiger partial charge >= 0.3 is 0 Å². The molecule has 35 heavy (non-hydrogen) atoms. The Labute approximate surface area is 204 Å². The summed E-state index contributed by atoms with van der Waals surface area (Å²) >= 11 is 0. The van der Waals surface area contributed by atoms with Gasteiger partial charge in [-0.3, -0.25) is 9.59 Å². The summed E-state index contributed by atoms with van der Waals surface area (Å²) in [5, 5.41) is 16.0. The third-order valence-corrected chi connectivity index (χ3v) is 6.78. The van der Waals surface area contributed by atoms with Gasteiger partial charge in [0.15, 0.2) is 0 Å². The van der Waals surface area contributed by atoms with E-state index in [9.17, 15) is 23.2 Å². The van der Waals surface area contributed by atoms with Crippen LogP contribution in [-0.4, -0.2) is 48.4 Å². The molecule has 8 nitrogen and oxygen atoms in total. The number of pyridine rings is 1. The van der Waals surface area contributed by atoms with Gasteiger partial charge in [-0.05, 0) is 41.8 Å². The van der Waals surface area contributed by atoms with Crippen LogP contribution in [0.5, 0.6) is 0 Å². The van der Waals surface area contributed by atoms with Crippen LogP contribution >= 0.6 is 0 Å². The number of aryl methyl sites for hydroxylation is 2. The SMILES string of the molecule is Cc1ccccc1C(CC(=NO)c1ccc(=O)n(C)c1)c1ccc(C(=O)NCCS(C)(=O)=O)cc1. The van der Waals surface area contributed by atoms with Crippen molar-refractivity contribution in [1.29, 1.82) is 0 Å². The Hall–Kier alpha value is -3.72. The molecule has 0 saturated carbocycles. The van der Waals surface area contributed by atoms with Crippen LogP contribution in [0.3, 0.4) is 0 Å². The fraction of sp³-hybridized carbons (Fsp3) is 0.269. The van der Waals surface area contributed by atoms with Gasteiger partial charge in [-0.15, -0.1) is 0 Å². The molecule has 0 aliphatic rings. The van der Waals surface area contributed by atoms with Gasteiger partial charge in [0.25, 0.3) is 5.91 Å². The predicted octanol–water partition coefficient (Wildman–Crippen LogP) is 2.87. The molecule has 0 fully saturated rings. The minimum absolute atomic E-state index is 0.0428. The van der Waals surface area contributed by atoms with Crippen LogP contribution in [0.1, 0.15) is 45.0 Å². The summed E-state index contributed by atoms with van der Waals surface area (Å²) in [6, 6.07) is 18.1. The molecule has 1 unspecified atom stereocenters. The molecule has 0 spiro atoms. The summed E-state index contributed by atoms with van der Waals surface area (Å²) in [4.78, 5) is 24.2. The second-order valence-electron chi connectivity index (χ2n) is 8.53. The van der Waals surface area contributed by atoms with E-state index in [0.717, 1.165) is 22.9 Å². The maximum absolute atomic E-state index is 12.4. The van der Waals surface area contributed by atoms with Crippen LogP contribution in [0.15, 0.2) is 76.8 Å². The number of benzene rings is 2. The van der Waals surface area contributed by atoms with E-state index in [1.807, 2.05) is 43.3 Å². The normalized spacial score (nSPS) is 12.8. The average molecular weight is 496 g/mol. The second kappa shape index (κ2) is 11.1. The Kier molecular flexibility index (Phi) is 8.24. The maximum Gasteiger partial charge on any atom is 0.251 e. The summed E-state index contributed by atoms with van der Waals surface area (Å²) in [7, 11) is -1.52. The number of nitrogens with zero attached hydrogens (tertiary/aromatic N) is 2. The number of nitrogens with one attached hydrogen (secondary N) is 1. The molecule has 1 amide bonds. The Balaban J connectivity index is 1.90. The van der Waals surface area contributed by atoms with Gasteiger partial charge in [0.2, 0.25) is 5.56 Å². The Morgan fingerprint density at radius 1 is 1.06 bits per heavy atom.